The molecule has 2 saturated heterocycles. The summed E-state index contributed by atoms with van der Waals surface area (Å²) in [6, 6.07) is 7.81. The highest BCUT2D eigenvalue weighted by Gasteiger charge is 2.64. The number of hydrogen-bond donors (Lipinski definition) is 1. The van der Waals surface area contributed by atoms with Gasteiger partial charge in [-0.05, 0) is 37.8 Å². The van der Waals surface area contributed by atoms with Gasteiger partial charge in [-0.1, -0.05) is 58.6 Å². The molecule has 1 amide bonds. The minimum Gasteiger partial charge on any atom is -0.489 e. The Balaban J connectivity index is 0.974. The van der Waals surface area contributed by atoms with Crippen LogP contribution in [0, 0.1) is 22.2 Å². The predicted octanol–water partition coefficient (Wildman–Crippen LogP) is 5.62. The van der Waals surface area contributed by atoms with Crippen molar-refractivity contribution in [2.75, 3.05) is 31.1 Å². The number of carbonyl (C=O) groups excluding carboxylic acids is 1. The third-order valence-corrected chi connectivity index (χ3v) is 10.7. The van der Waals surface area contributed by atoms with Gasteiger partial charge in [0, 0.05) is 67.6 Å². The third kappa shape index (κ3) is 6.14. The molecule has 0 radical (unpaired) electrons. The van der Waals surface area contributed by atoms with Crippen molar-refractivity contribution < 1.29 is 14.3 Å². The maximum atomic E-state index is 13.3. The lowest BCUT2D eigenvalue weighted by Crippen LogP contribution is -2.74. The van der Waals surface area contributed by atoms with Crippen LogP contribution in [-0.2, 0) is 4.74 Å². The number of rotatable bonds is 8. The van der Waals surface area contributed by atoms with E-state index < -0.39 is 0 Å². The first-order valence-corrected chi connectivity index (χ1v) is 16.6. The second-order valence-corrected chi connectivity index (χ2v) is 14.7. The standard InChI is InChI=1S/C34H45ClN6O3/c1-33(2)30(34(3,4)31(33)44-26-11-10-22(17-36)28(35)16-26)39-29(42)23-18-37-32(38-19-23)40-14-12-25(13-15-40)43-27-20-41(21-27)24-8-6-5-7-9-24/h10-11,16,18-19,24-25,27,30-31H,5-9,12-15,20-21H2,1-4H3,(H,39,42). The molecule has 0 bridgehead atoms. The number of carbonyl (C=O) groups is 1. The van der Waals surface area contributed by atoms with Gasteiger partial charge < -0.3 is 19.7 Å². The minimum atomic E-state index is -0.347. The van der Waals surface area contributed by atoms with Crippen LogP contribution in [0.25, 0.3) is 0 Å². The van der Waals surface area contributed by atoms with Crippen LogP contribution in [0.4, 0.5) is 5.95 Å². The fraction of sp³-hybridized carbons (Fsp3) is 0.647. The van der Waals surface area contributed by atoms with Crippen LogP contribution in [-0.4, -0.2) is 77.3 Å². The Labute approximate surface area is 266 Å². The van der Waals surface area contributed by atoms with E-state index >= 15 is 0 Å². The quantitative estimate of drug-likeness (QED) is 0.406. The second kappa shape index (κ2) is 12.5. The SMILES string of the molecule is CC1(C)C(NC(=O)c2cnc(N3CCC(OC4CN(C5CCCCC5)C4)CC3)nc2)C(C)(C)C1Oc1ccc(C#N)c(Cl)c1. The van der Waals surface area contributed by atoms with E-state index in [0.717, 1.165) is 45.1 Å². The van der Waals surface area contributed by atoms with Crippen molar-refractivity contribution in [3.05, 3.63) is 46.7 Å². The lowest BCUT2D eigenvalue weighted by Gasteiger charge is -2.63. The first-order chi connectivity index (χ1) is 21.1. The Morgan fingerprint density at radius 3 is 2.27 bits per heavy atom. The molecule has 9 nitrogen and oxygen atoms in total. The predicted molar refractivity (Wildman–Crippen MR) is 170 cm³/mol. The molecule has 2 aromatic rings. The molecular formula is C34H45ClN6O3. The summed E-state index contributed by atoms with van der Waals surface area (Å²) in [7, 11) is 0. The van der Waals surface area contributed by atoms with Crippen molar-refractivity contribution >= 4 is 23.5 Å². The van der Waals surface area contributed by atoms with Crippen molar-refractivity contribution in [3.8, 4) is 11.8 Å². The van der Waals surface area contributed by atoms with E-state index in [2.05, 4.69) is 58.8 Å². The van der Waals surface area contributed by atoms with E-state index in [0.29, 0.717) is 40.1 Å². The van der Waals surface area contributed by atoms with Gasteiger partial charge in [-0.2, -0.15) is 5.26 Å². The summed E-state index contributed by atoms with van der Waals surface area (Å²) in [4.78, 5) is 27.2. The first kappa shape index (κ1) is 31.1. The van der Waals surface area contributed by atoms with Gasteiger partial charge >= 0.3 is 0 Å². The number of nitriles is 1. The van der Waals surface area contributed by atoms with Gasteiger partial charge in [0.25, 0.3) is 5.91 Å². The highest BCUT2D eigenvalue weighted by molar-refractivity contribution is 6.31. The molecule has 3 heterocycles. The van der Waals surface area contributed by atoms with Gasteiger partial charge in [0.05, 0.1) is 28.4 Å². The molecule has 6 rings (SSSR count). The minimum absolute atomic E-state index is 0.134. The summed E-state index contributed by atoms with van der Waals surface area (Å²) >= 11 is 6.22. The lowest BCUT2D eigenvalue weighted by atomic mass is 9.49. The van der Waals surface area contributed by atoms with E-state index in [1.165, 1.54) is 32.1 Å². The molecular weight excluding hydrogens is 576 g/mol. The second-order valence-electron chi connectivity index (χ2n) is 14.3. The van der Waals surface area contributed by atoms with Crippen LogP contribution >= 0.6 is 11.6 Å². The van der Waals surface area contributed by atoms with E-state index in [9.17, 15) is 4.79 Å². The van der Waals surface area contributed by atoms with E-state index in [4.69, 9.17) is 26.3 Å². The largest absolute Gasteiger partial charge is 0.489 e. The Morgan fingerprint density at radius 1 is 1.00 bits per heavy atom. The smallest absolute Gasteiger partial charge is 0.254 e. The normalized spacial score (nSPS) is 25.9. The summed E-state index contributed by atoms with van der Waals surface area (Å²) in [5, 5.41) is 12.7. The molecule has 4 fully saturated rings. The number of ether oxygens (including phenoxy) is 2. The summed E-state index contributed by atoms with van der Waals surface area (Å²) in [6.07, 6.45) is 12.6. The molecule has 2 aliphatic heterocycles. The Morgan fingerprint density at radius 2 is 1.66 bits per heavy atom. The van der Waals surface area contributed by atoms with Crippen molar-refractivity contribution in [1.82, 2.24) is 20.2 Å². The number of benzene rings is 1. The van der Waals surface area contributed by atoms with Gasteiger partial charge in [0.2, 0.25) is 5.95 Å². The molecule has 0 unspecified atom stereocenters. The molecule has 2 aliphatic carbocycles. The van der Waals surface area contributed by atoms with Crippen LogP contribution in [0.15, 0.2) is 30.6 Å². The Kier molecular flexibility index (Phi) is 8.80. The van der Waals surface area contributed by atoms with Crippen LogP contribution in [0.3, 0.4) is 0 Å². The van der Waals surface area contributed by atoms with Gasteiger partial charge in [-0.3, -0.25) is 9.69 Å². The zero-order valence-electron chi connectivity index (χ0n) is 26.4. The molecule has 4 aliphatic rings. The van der Waals surface area contributed by atoms with E-state index in [1.54, 1.807) is 30.6 Å². The maximum absolute atomic E-state index is 13.3. The fourth-order valence-corrected chi connectivity index (χ4v) is 8.39. The number of nitrogens with one attached hydrogen (secondary N) is 1. The Hall–Kier alpha value is -2.93. The van der Waals surface area contributed by atoms with Gasteiger partial charge in [-0.25, -0.2) is 9.97 Å². The van der Waals surface area contributed by atoms with Crippen LogP contribution < -0.4 is 15.0 Å². The topological polar surface area (TPSA) is 104 Å². The number of hydrogen-bond acceptors (Lipinski definition) is 8. The zero-order chi connectivity index (χ0) is 31.1. The number of anilines is 1. The van der Waals surface area contributed by atoms with Crippen molar-refractivity contribution in [2.24, 2.45) is 10.8 Å². The molecule has 0 atom stereocenters. The average molecular weight is 621 g/mol. The van der Waals surface area contributed by atoms with Crippen molar-refractivity contribution in [1.29, 1.82) is 5.26 Å². The van der Waals surface area contributed by atoms with Gasteiger partial charge in [-0.15, -0.1) is 0 Å². The molecule has 0 spiro atoms. The number of nitrogens with zero attached hydrogens (tertiary/aromatic N) is 5. The fourth-order valence-electron chi connectivity index (χ4n) is 8.18. The molecule has 44 heavy (non-hydrogen) atoms. The highest BCUT2D eigenvalue weighted by Crippen LogP contribution is 2.55. The molecule has 2 saturated carbocycles. The lowest BCUT2D eigenvalue weighted by molar-refractivity contribution is -0.164. The molecule has 1 aromatic carbocycles. The number of halogens is 1. The summed E-state index contributed by atoms with van der Waals surface area (Å²) in [6.45, 7) is 12.2. The monoisotopic (exact) mass is 620 g/mol. The first-order valence-electron chi connectivity index (χ1n) is 16.2. The van der Waals surface area contributed by atoms with Gasteiger partial charge in [0.15, 0.2) is 0 Å². The average Bonchev–Trinajstić information content (AvgIpc) is 3.00. The highest BCUT2D eigenvalue weighted by atomic mass is 35.5. The third-order valence-electron chi connectivity index (χ3n) is 10.4. The number of amides is 1. The number of aromatic nitrogens is 2. The van der Waals surface area contributed by atoms with Crippen LogP contribution in [0.1, 0.15) is 88.6 Å². The molecule has 1 N–H and O–H groups in total. The van der Waals surface area contributed by atoms with Crippen LogP contribution in [0.2, 0.25) is 5.02 Å². The zero-order valence-corrected chi connectivity index (χ0v) is 27.1. The molecule has 1 aromatic heterocycles. The van der Waals surface area contributed by atoms with E-state index in [-0.39, 0.29) is 28.9 Å². The summed E-state index contributed by atoms with van der Waals surface area (Å²) in [5.74, 6) is 1.07. The Bertz CT molecular complexity index is 1360. The van der Waals surface area contributed by atoms with Crippen molar-refractivity contribution in [2.45, 2.75) is 103 Å². The number of likely N-dealkylation sites (tertiary alicyclic amines) is 1. The van der Waals surface area contributed by atoms with Crippen molar-refractivity contribution in [3.63, 3.8) is 0 Å². The maximum Gasteiger partial charge on any atom is 0.254 e. The van der Waals surface area contributed by atoms with E-state index in [1.807, 2.05) is 0 Å². The summed E-state index contributed by atoms with van der Waals surface area (Å²) < 4.78 is 12.8. The summed E-state index contributed by atoms with van der Waals surface area (Å²) in [5.41, 5.74) is 0.156. The molecule has 10 heteroatoms. The van der Waals surface area contributed by atoms with Crippen LogP contribution in [0.5, 0.6) is 5.75 Å². The molecule has 236 valence electrons. The number of piperidine rings is 1. The van der Waals surface area contributed by atoms with Gasteiger partial charge in [0.1, 0.15) is 17.9 Å².